The molecule has 1 aromatic rings. The standard InChI is InChI=1S/C13H17FN2O2/c1-13(12(15)17,9-6-7-18-8-9)16-11-5-3-2-4-10(11)14/h2-5,9,16H,6-8H2,1H3,(H2,15,17). The second-order valence-corrected chi connectivity index (χ2v) is 4.73. The molecule has 0 aliphatic carbocycles. The highest BCUT2D eigenvalue weighted by atomic mass is 19.1. The van der Waals surface area contributed by atoms with E-state index < -0.39 is 17.3 Å². The van der Waals surface area contributed by atoms with Crippen LogP contribution in [0.2, 0.25) is 0 Å². The molecule has 2 rings (SSSR count). The van der Waals surface area contributed by atoms with Crippen LogP contribution in [0, 0.1) is 11.7 Å². The Hall–Kier alpha value is -1.62. The van der Waals surface area contributed by atoms with E-state index in [1.807, 2.05) is 0 Å². The summed E-state index contributed by atoms with van der Waals surface area (Å²) in [5.74, 6) is -0.945. The molecule has 3 N–H and O–H groups in total. The Labute approximate surface area is 105 Å². The molecule has 1 fully saturated rings. The summed E-state index contributed by atoms with van der Waals surface area (Å²) in [6.45, 7) is 2.76. The molecule has 0 radical (unpaired) electrons. The summed E-state index contributed by atoms with van der Waals surface area (Å²) in [7, 11) is 0. The lowest BCUT2D eigenvalue weighted by molar-refractivity contribution is -0.123. The summed E-state index contributed by atoms with van der Waals surface area (Å²) in [6, 6.07) is 6.24. The van der Waals surface area contributed by atoms with Crippen LogP contribution in [-0.2, 0) is 9.53 Å². The number of nitrogens with two attached hydrogens (primary N) is 1. The van der Waals surface area contributed by atoms with Gasteiger partial charge in [-0.25, -0.2) is 4.39 Å². The number of nitrogens with one attached hydrogen (secondary N) is 1. The van der Waals surface area contributed by atoms with Gasteiger partial charge in [0.25, 0.3) is 0 Å². The third-order valence-corrected chi connectivity index (χ3v) is 3.53. The van der Waals surface area contributed by atoms with Crippen molar-refractivity contribution in [1.82, 2.24) is 0 Å². The van der Waals surface area contributed by atoms with E-state index in [4.69, 9.17) is 10.5 Å². The van der Waals surface area contributed by atoms with Crippen molar-refractivity contribution in [3.63, 3.8) is 0 Å². The topological polar surface area (TPSA) is 64.3 Å². The molecule has 4 nitrogen and oxygen atoms in total. The van der Waals surface area contributed by atoms with Gasteiger partial charge in [0, 0.05) is 12.5 Å². The van der Waals surface area contributed by atoms with E-state index >= 15 is 0 Å². The van der Waals surface area contributed by atoms with Crippen LogP contribution in [0.3, 0.4) is 0 Å². The van der Waals surface area contributed by atoms with Crippen molar-refractivity contribution in [3.05, 3.63) is 30.1 Å². The maximum atomic E-state index is 13.6. The van der Waals surface area contributed by atoms with Gasteiger partial charge in [0.05, 0.1) is 12.3 Å². The summed E-state index contributed by atoms with van der Waals surface area (Å²) in [6.07, 6.45) is 0.737. The summed E-state index contributed by atoms with van der Waals surface area (Å²) in [5, 5.41) is 2.94. The van der Waals surface area contributed by atoms with Crippen LogP contribution in [0.15, 0.2) is 24.3 Å². The summed E-state index contributed by atoms with van der Waals surface area (Å²) in [4.78, 5) is 11.7. The molecular formula is C13H17FN2O2. The van der Waals surface area contributed by atoms with Crippen LogP contribution in [0.5, 0.6) is 0 Å². The van der Waals surface area contributed by atoms with Crippen LogP contribution in [-0.4, -0.2) is 24.7 Å². The molecule has 1 saturated heterocycles. The third kappa shape index (κ3) is 2.31. The van der Waals surface area contributed by atoms with Gasteiger partial charge in [-0.2, -0.15) is 0 Å². The van der Waals surface area contributed by atoms with E-state index in [1.165, 1.54) is 6.07 Å². The predicted molar refractivity (Wildman–Crippen MR) is 66.5 cm³/mol. The number of carbonyl (C=O) groups excluding carboxylic acids is 1. The molecule has 1 amide bonds. The van der Waals surface area contributed by atoms with Gasteiger partial charge in [-0.1, -0.05) is 12.1 Å². The minimum atomic E-state index is -1.00. The SMILES string of the molecule is CC(Nc1ccccc1F)(C(N)=O)C1CCOC1. The number of amides is 1. The van der Waals surface area contributed by atoms with Gasteiger partial charge >= 0.3 is 0 Å². The first-order valence-corrected chi connectivity index (χ1v) is 5.94. The summed E-state index contributed by atoms with van der Waals surface area (Å²) in [5.41, 5.74) is 4.75. The van der Waals surface area contributed by atoms with E-state index in [0.29, 0.717) is 13.2 Å². The number of primary amides is 1. The fourth-order valence-corrected chi connectivity index (χ4v) is 2.20. The van der Waals surface area contributed by atoms with Crippen molar-refractivity contribution in [3.8, 4) is 0 Å². The molecule has 18 heavy (non-hydrogen) atoms. The molecule has 0 saturated carbocycles. The Morgan fingerprint density at radius 2 is 2.28 bits per heavy atom. The lowest BCUT2D eigenvalue weighted by Gasteiger charge is -2.33. The molecule has 98 valence electrons. The number of ether oxygens (including phenoxy) is 1. The number of benzene rings is 1. The molecule has 2 atom stereocenters. The summed E-state index contributed by atoms with van der Waals surface area (Å²) >= 11 is 0. The Kier molecular flexibility index (Phi) is 3.52. The smallest absolute Gasteiger partial charge is 0.243 e. The minimum absolute atomic E-state index is 0.0467. The van der Waals surface area contributed by atoms with E-state index in [-0.39, 0.29) is 11.6 Å². The number of para-hydroxylation sites is 1. The number of halogens is 1. The van der Waals surface area contributed by atoms with Crippen molar-refractivity contribution < 1.29 is 13.9 Å². The van der Waals surface area contributed by atoms with Gasteiger partial charge in [0.1, 0.15) is 11.4 Å². The maximum absolute atomic E-state index is 13.6. The predicted octanol–water partition coefficient (Wildman–Crippen LogP) is 1.52. The quantitative estimate of drug-likeness (QED) is 0.854. The van der Waals surface area contributed by atoms with Gasteiger partial charge in [-0.3, -0.25) is 4.79 Å². The highest BCUT2D eigenvalue weighted by Crippen LogP contribution is 2.30. The zero-order valence-corrected chi connectivity index (χ0v) is 10.3. The van der Waals surface area contributed by atoms with Crippen molar-refractivity contribution >= 4 is 11.6 Å². The lowest BCUT2D eigenvalue weighted by Crippen LogP contribution is -2.54. The minimum Gasteiger partial charge on any atom is -0.381 e. The van der Waals surface area contributed by atoms with Gasteiger partial charge in [-0.15, -0.1) is 0 Å². The van der Waals surface area contributed by atoms with Gasteiger partial charge in [-0.05, 0) is 25.5 Å². The van der Waals surface area contributed by atoms with Crippen molar-refractivity contribution in [1.29, 1.82) is 0 Å². The second-order valence-electron chi connectivity index (χ2n) is 4.73. The van der Waals surface area contributed by atoms with Crippen molar-refractivity contribution in [2.75, 3.05) is 18.5 Å². The van der Waals surface area contributed by atoms with E-state index in [1.54, 1.807) is 25.1 Å². The van der Waals surface area contributed by atoms with Gasteiger partial charge in [0.2, 0.25) is 5.91 Å². The summed E-state index contributed by atoms with van der Waals surface area (Å²) < 4.78 is 18.9. The number of hydrogen-bond donors (Lipinski definition) is 2. The van der Waals surface area contributed by atoms with Gasteiger partial charge < -0.3 is 15.8 Å². The maximum Gasteiger partial charge on any atom is 0.243 e. The second kappa shape index (κ2) is 4.94. The molecule has 5 heteroatoms. The number of carbonyl (C=O) groups is 1. The molecule has 0 bridgehead atoms. The highest BCUT2D eigenvalue weighted by Gasteiger charge is 2.42. The first-order valence-electron chi connectivity index (χ1n) is 5.94. The van der Waals surface area contributed by atoms with Crippen LogP contribution in [0.4, 0.5) is 10.1 Å². The zero-order valence-electron chi connectivity index (χ0n) is 10.3. The lowest BCUT2D eigenvalue weighted by atomic mass is 9.84. The first-order chi connectivity index (χ1) is 8.54. The zero-order chi connectivity index (χ0) is 13.2. The molecule has 2 unspecified atom stereocenters. The molecule has 0 spiro atoms. The van der Waals surface area contributed by atoms with Gasteiger partial charge in [0.15, 0.2) is 0 Å². The third-order valence-electron chi connectivity index (χ3n) is 3.53. The van der Waals surface area contributed by atoms with Crippen molar-refractivity contribution in [2.24, 2.45) is 11.7 Å². The molecule has 1 aliphatic rings. The molecular weight excluding hydrogens is 235 g/mol. The van der Waals surface area contributed by atoms with Crippen LogP contribution in [0.1, 0.15) is 13.3 Å². The van der Waals surface area contributed by atoms with Crippen LogP contribution >= 0.6 is 0 Å². The van der Waals surface area contributed by atoms with Crippen LogP contribution in [0.25, 0.3) is 0 Å². The first kappa shape index (κ1) is 12.8. The van der Waals surface area contributed by atoms with Crippen LogP contribution < -0.4 is 11.1 Å². The molecule has 1 aromatic carbocycles. The largest absolute Gasteiger partial charge is 0.381 e. The fourth-order valence-electron chi connectivity index (χ4n) is 2.20. The Morgan fingerprint density at radius 1 is 1.56 bits per heavy atom. The number of rotatable bonds is 4. The number of anilines is 1. The average Bonchev–Trinajstić information content (AvgIpc) is 2.86. The molecule has 1 heterocycles. The monoisotopic (exact) mass is 252 g/mol. The Bertz CT molecular complexity index is 446. The fraction of sp³-hybridized carbons (Fsp3) is 0.462. The average molecular weight is 252 g/mol. The Morgan fingerprint density at radius 3 is 2.83 bits per heavy atom. The molecule has 0 aromatic heterocycles. The van der Waals surface area contributed by atoms with E-state index in [9.17, 15) is 9.18 Å². The molecule has 1 aliphatic heterocycles. The van der Waals surface area contributed by atoms with Crippen molar-refractivity contribution in [2.45, 2.75) is 18.9 Å². The Balaban J connectivity index is 2.26. The highest BCUT2D eigenvalue weighted by molar-refractivity contribution is 5.88. The number of hydrogen-bond acceptors (Lipinski definition) is 3. The van der Waals surface area contributed by atoms with E-state index in [2.05, 4.69) is 5.32 Å². The van der Waals surface area contributed by atoms with E-state index in [0.717, 1.165) is 6.42 Å². The normalized spacial score (nSPS) is 22.4.